The molecule has 3 heteroatoms. The predicted octanol–water partition coefficient (Wildman–Crippen LogP) is 1.83. The first-order valence-corrected chi connectivity index (χ1v) is 5.08. The Kier molecular flexibility index (Phi) is 4.40. The standard InChI is InChI=1S/C11H19N3/c1-4-10(2)7-13-11(3)8-14-6-5-12-9-14/h5-6,9,11,13H,2,4,7-8H2,1,3H3. The quantitative estimate of drug-likeness (QED) is 0.698. The fraction of sp³-hybridized carbons (Fsp3) is 0.545. The highest BCUT2D eigenvalue weighted by Crippen LogP contribution is 1.96. The monoisotopic (exact) mass is 193 g/mol. The summed E-state index contributed by atoms with van der Waals surface area (Å²) < 4.78 is 2.08. The van der Waals surface area contributed by atoms with Crippen molar-refractivity contribution in [3.05, 3.63) is 30.9 Å². The smallest absolute Gasteiger partial charge is 0.0946 e. The topological polar surface area (TPSA) is 29.9 Å². The molecule has 1 heterocycles. The molecule has 0 aliphatic rings. The number of hydrogen-bond donors (Lipinski definition) is 1. The second-order valence-corrected chi connectivity index (χ2v) is 3.64. The average molecular weight is 193 g/mol. The van der Waals surface area contributed by atoms with Crippen LogP contribution in [-0.2, 0) is 6.54 Å². The van der Waals surface area contributed by atoms with Gasteiger partial charge < -0.3 is 9.88 Å². The highest BCUT2D eigenvalue weighted by molar-refractivity contribution is 4.95. The number of nitrogens with one attached hydrogen (secondary N) is 1. The molecule has 0 radical (unpaired) electrons. The summed E-state index contributed by atoms with van der Waals surface area (Å²) in [6.07, 6.45) is 6.67. The van der Waals surface area contributed by atoms with Crippen LogP contribution in [0.4, 0.5) is 0 Å². The van der Waals surface area contributed by atoms with Crippen molar-refractivity contribution >= 4 is 0 Å². The van der Waals surface area contributed by atoms with Crippen LogP contribution in [-0.4, -0.2) is 22.1 Å². The van der Waals surface area contributed by atoms with E-state index in [2.05, 4.69) is 35.3 Å². The maximum absolute atomic E-state index is 4.00. The van der Waals surface area contributed by atoms with E-state index in [-0.39, 0.29) is 0 Å². The average Bonchev–Trinajstić information content (AvgIpc) is 2.66. The lowest BCUT2D eigenvalue weighted by Gasteiger charge is -2.14. The van der Waals surface area contributed by atoms with Crippen LogP contribution in [0.3, 0.4) is 0 Å². The van der Waals surface area contributed by atoms with E-state index in [1.165, 1.54) is 5.57 Å². The molecule has 1 rings (SSSR count). The summed E-state index contributed by atoms with van der Waals surface area (Å²) in [4.78, 5) is 4.00. The second-order valence-electron chi connectivity index (χ2n) is 3.64. The van der Waals surface area contributed by atoms with Gasteiger partial charge in [0.25, 0.3) is 0 Å². The van der Waals surface area contributed by atoms with Crippen LogP contribution < -0.4 is 5.32 Å². The Bertz CT molecular complexity index is 264. The Hall–Kier alpha value is -1.09. The molecule has 1 atom stereocenters. The van der Waals surface area contributed by atoms with Crippen molar-refractivity contribution in [2.45, 2.75) is 32.9 Å². The first-order chi connectivity index (χ1) is 6.72. The van der Waals surface area contributed by atoms with Crippen LogP contribution in [0.15, 0.2) is 30.9 Å². The van der Waals surface area contributed by atoms with Gasteiger partial charge in [0.2, 0.25) is 0 Å². The Morgan fingerprint density at radius 1 is 1.64 bits per heavy atom. The largest absolute Gasteiger partial charge is 0.336 e. The Morgan fingerprint density at radius 2 is 2.43 bits per heavy atom. The first kappa shape index (κ1) is 11.0. The summed E-state index contributed by atoms with van der Waals surface area (Å²) in [7, 11) is 0. The van der Waals surface area contributed by atoms with Crippen LogP contribution in [0.25, 0.3) is 0 Å². The Balaban J connectivity index is 2.22. The predicted molar refractivity (Wildman–Crippen MR) is 59.1 cm³/mol. The zero-order valence-corrected chi connectivity index (χ0v) is 9.03. The molecule has 0 aliphatic heterocycles. The molecular weight excluding hydrogens is 174 g/mol. The van der Waals surface area contributed by atoms with Crippen LogP contribution >= 0.6 is 0 Å². The number of nitrogens with zero attached hydrogens (tertiary/aromatic N) is 2. The van der Waals surface area contributed by atoms with E-state index in [1.54, 1.807) is 6.20 Å². The van der Waals surface area contributed by atoms with Crippen LogP contribution in [0.2, 0.25) is 0 Å². The molecule has 0 saturated heterocycles. The van der Waals surface area contributed by atoms with Gasteiger partial charge in [-0.05, 0) is 13.3 Å². The van der Waals surface area contributed by atoms with Gasteiger partial charge in [0.1, 0.15) is 0 Å². The van der Waals surface area contributed by atoms with Crippen LogP contribution in [0.5, 0.6) is 0 Å². The third-order valence-corrected chi connectivity index (χ3v) is 2.24. The third-order valence-electron chi connectivity index (χ3n) is 2.24. The van der Waals surface area contributed by atoms with Crippen molar-refractivity contribution in [1.82, 2.24) is 14.9 Å². The van der Waals surface area contributed by atoms with Gasteiger partial charge in [-0.1, -0.05) is 19.1 Å². The van der Waals surface area contributed by atoms with Crippen LogP contribution in [0.1, 0.15) is 20.3 Å². The molecule has 1 unspecified atom stereocenters. The molecule has 1 aromatic rings. The molecule has 0 saturated carbocycles. The molecule has 0 amide bonds. The SMILES string of the molecule is C=C(CC)CNC(C)Cn1ccnc1. The summed E-state index contributed by atoms with van der Waals surface area (Å²) in [6, 6.07) is 0.451. The van der Waals surface area contributed by atoms with E-state index in [1.807, 2.05) is 12.5 Å². The first-order valence-electron chi connectivity index (χ1n) is 5.08. The highest BCUT2D eigenvalue weighted by Gasteiger charge is 2.01. The molecule has 0 aromatic carbocycles. The van der Waals surface area contributed by atoms with E-state index >= 15 is 0 Å². The molecule has 78 valence electrons. The highest BCUT2D eigenvalue weighted by atomic mass is 15.1. The molecule has 0 spiro atoms. The van der Waals surface area contributed by atoms with Crippen molar-refractivity contribution in [3.8, 4) is 0 Å². The second kappa shape index (κ2) is 5.60. The van der Waals surface area contributed by atoms with Crippen LogP contribution in [0, 0.1) is 0 Å². The van der Waals surface area contributed by atoms with E-state index in [0.29, 0.717) is 6.04 Å². The van der Waals surface area contributed by atoms with E-state index in [0.717, 1.165) is 19.5 Å². The molecule has 0 fully saturated rings. The lowest BCUT2D eigenvalue weighted by atomic mass is 10.2. The van der Waals surface area contributed by atoms with E-state index in [4.69, 9.17) is 0 Å². The molecule has 1 aromatic heterocycles. The van der Waals surface area contributed by atoms with Gasteiger partial charge in [0.05, 0.1) is 6.33 Å². The lowest BCUT2D eigenvalue weighted by molar-refractivity contribution is 0.492. The van der Waals surface area contributed by atoms with Gasteiger partial charge in [-0.2, -0.15) is 0 Å². The summed E-state index contributed by atoms with van der Waals surface area (Å²) in [5.74, 6) is 0. The summed E-state index contributed by atoms with van der Waals surface area (Å²) in [5, 5.41) is 3.42. The van der Waals surface area contributed by atoms with Crippen molar-refractivity contribution < 1.29 is 0 Å². The number of aromatic nitrogens is 2. The minimum atomic E-state index is 0.451. The molecule has 14 heavy (non-hydrogen) atoms. The van der Waals surface area contributed by atoms with Crippen molar-refractivity contribution in [2.24, 2.45) is 0 Å². The van der Waals surface area contributed by atoms with E-state index in [9.17, 15) is 0 Å². The number of imidazole rings is 1. The van der Waals surface area contributed by atoms with Gasteiger partial charge in [-0.15, -0.1) is 0 Å². The summed E-state index contributed by atoms with van der Waals surface area (Å²) >= 11 is 0. The van der Waals surface area contributed by atoms with Gasteiger partial charge in [0, 0.05) is 31.5 Å². The molecular formula is C11H19N3. The molecule has 3 nitrogen and oxygen atoms in total. The minimum absolute atomic E-state index is 0.451. The molecule has 0 aliphatic carbocycles. The lowest BCUT2D eigenvalue weighted by Crippen LogP contribution is -2.31. The van der Waals surface area contributed by atoms with Crippen molar-refractivity contribution in [2.75, 3.05) is 6.54 Å². The normalized spacial score (nSPS) is 12.7. The number of hydrogen-bond acceptors (Lipinski definition) is 2. The molecule has 0 bridgehead atoms. The maximum atomic E-state index is 4.00. The zero-order valence-electron chi connectivity index (χ0n) is 9.03. The summed E-state index contributed by atoms with van der Waals surface area (Å²) in [6.45, 7) is 10.1. The summed E-state index contributed by atoms with van der Waals surface area (Å²) in [5.41, 5.74) is 1.25. The van der Waals surface area contributed by atoms with Gasteiger partial charge in [-0.25, -0.2) is 4.98 Å². The molecule has 1 N–H and O–H groups in total. The Labute approximate surface area is 85.8 Å². The number of rotatable bonds is 6. The minimum Gasteiger partial charge on any atom is -0.336 e. The zero-order chi connectivity index (χ0) is 10.4. The van der Waals surface area contributed by atoms with Gasteiger partial charge in [0.15, 0.2) is 0 Å². The van der Waals surface area contributed by atoms with Gasteiger partial charge >= 0.3 is 0 Å². The third kappa shape index (κ3) is 3.75. The maximum Gasteiger partial charge on any atom is 0.0946 e. The fourth-order valence-electron chi connectivity index (χ4n) is 1.22. The van der Waals surface area contributed by atoms with E-state index < -0.39 is 0 Å². The fourth-order valence-corrected chi connectivity index (χ4v) is 1.22. The van der Waals surface area contributed by atoms with Crippen molar-refractivity contribution in [3.63, 3.8) is 0 Å². The van der Waals surface area contributed by atoms with Gasteiger partial charge in [-0.3, -0.25) is 0 Å². The van der Waals surface area contributed by atoms with Crippen molar-refractivity contribution in [1.29, 1.82) is 0 Å². The Morgan fingerprint density at radius 3 is 3.00 bits per heavy atom.